The van der Waals surface area contributed by atoms with E-state index in [0.29, 0.717) is 38.3 Å². The number of methoxy groups -OCH3 is 1. The summed E-state index contributed by atoms with van der Waals surface area (Å²) in [5, 5.41) is 2.79. The molecule has 1 fully saturated rings. The van der Waals surface area contributed by atoms with Gasteiger partial charge in [-0.15, -0.1) is 0 Å². The van der Waals surface area contributed by atoms with Gasteiger partial charge in [-0.05, 0) is 51.3 Å². The second-order valence-corrected chi connectivity index (χ2v) is 8.49. The number of nitrogens with one attached hydrogen (secondary N) is 1. The highest BCUT2D eigenvalue weighted by molar-refractivity contribution is 7.89. The molecule has 0 aliphatic carbocycles. The topological polar surface area (TPSA) is 84.9 Å². The van der Waals surface area contributed by atoms with Crippen LogP contribution >= 0.6 is 0 Å². The number of rotatable bonds is 9. The van der Waals surface area contributed by atoms with E-state index >= 15 is 0 Å². The van der Waals surface area contributed by atoms with Crippen LogP contribution in [0.4, 0.5) is 0 Å². The van der Waals surface area contributed by atoms with Gasteiger partial charge in [-0.25, -0.2) is 8.42 Å². The molecule has 7 nitrogen and oxygen atoms in total. The van der Waals surface area contributed by atoms with Gasteiger partial charge in [0.05, 0.1) is 7.11 Å². The van der Waals surface area contributed by atoms with Crippen LogP contribution in [-0.4, -0.2) is 58.1 Å². The summed E-state index contributed by atoms with van der Waals surface area (Å²) >= 11 is 0. The Morgan fingerprint density at radius 2 is 2.11 bits per heavy atom. The number of ether oxygens (including phenoxy) is 2. The minimum atomic E-state index is -3.73. The Morgan fingerprint density at radius 3 is 2.78 bits per heavy atom. The third-order valence-electron chi connectivity index (χ3n) is 4.71. The summed E-state index contributed by atoms with van der Waals surface area (Å²) in [6.45, 7) is 6.00. The van der Waals surface area contributed by atoms with E-state index in [0.717, 1.165) is 19.3 Å². The van der Waals surface area contributed by atoms with Crippen LogP contribution in [0.25, 0.3) is 0 Å². The molecule has 0 aromatic heterocycles. The molecular weight excluding hydrogens is 368 g/mol. The molecule has 1 heterocycles. The Labute approximate surface area is 162 Å². The van der Waals surface area contributed by atoms with Crippen LogP contribution in [0.3, 0.4) is 0 Å². The quantitative estimate of drug-likeness (QED) is 0.646. The number of carbonyl (C=O) groups is 1. The zero-order valence-corrected chi connectivity index (χ0v) is 17.2. The number of hydrogen-bond acceptors (Lipinski definition) is 5. The van der Waals surface area contributed by atoms with E-state index in [1.165, 1.54) is 23.5 Å². The highest BCUT2D eigenvalue weighted by atomic mass is 32.2. The lowest BCUT2D eigenvalue weighted by Gasteiger charge is -2.32. The van der Waals surface area contributed by atoms with Crippen LogP contribution in [0.1, 0.15) is 49.9 Å². The monoisotopic (exact) mass is 398 g/mol. The Morgan fingerprint density at radius 1 is 1.33 bits per heavy atom. The van der Waals surface area contributed by atoms with E-state index in [9.17, 15) is 13.2 Å². The van der Waals surface area contributed by atoms with E-state index in [4.69, 9.17) is 9.47 Å². The predicted molar refractivity (Wildman–Crippen MR) is 104 cm³/mol. The lowest BCUT2D eigenvalue weighted by atomic mass is 10.1. The SMILES string of the molecule is CCOCCCNC(=O)c1ccc(OC)c(S(=O)(=O)N2CCCCC2C)c1. The van der Waals surface area contributed by atoms with E-state index in [2.05, 4.69) is 5.32 Å². The number of nitrogens with zero attached hydrogens (tertiary/aromatic N) is 1. The minimum Gasteiger partial charge on any atom is -0.495 e. The highest BCUT2D eigenvalue weighted by Crippen LogP contribution is 2.31. The van der Waals surface area contributed by atoms with E-state index < -0.39 is 10.0 Å². The van der Waals surface area contributed by atoms with Crippen molar-refractivity contribution >= 4 is 15.9 Å². The maximum atomic E-state index is 13.2. The molecule has 1 aliphatic rings. The molecule has 1 unspecified atom stereocenters. The first-order chi connectivity index (χ1) is 12.9. The lowest BCUT2D eigenvalue weighted by Crippen LogP contribution is -2.42. The molecule has 152 valence electrons. The molecule has 1 aliphatic heterocycles. The summed E-state index contributed by atoms with van der Waals surface area (Å²) in [7, 11) is -2.30. The molecule has 0 saturated carbocycles. The van der Waals surface area contributed by atoms with Gasteiger partial charge in [-0.1, -0.05) is 6.42 Å². The standard InChI is InChI=1S/C19H30N2O5S/c1-4-26-13-7-11-20-19(22)16-9-10-17(25-3)18(14-16)27(23,24)21-12-6-5-8-15(21)2/h9-10,14-15H,4-8,11-13H2,1-3H3,(H,20,22). The van der Waals surface area contributed by atoms with Crippen molar-refractivity contribution in [1.82, 2.24) is 9.62 Å². The van der Waals surface area contributed by atoms with Crippen LogP contribution in [0.5, 0.6) is 5.75 Å². The zero-order valence-electron chi connectivity index (χ0n) is 16.4. The van der Waals surface area contributed by atoms with Crippen molar-refractivity contribution in [2.75, 3.05) is 33.4 Å². The van der Waals surface area contributed by atoms with Crippen molar-refractivity contribution in [2.45, 2.75) is 50.5 Å². The predicted octanol–water partition coefficient (Wildman–Crippen LogP) is 2.41. The molecule has 8 heteroatoms. The van der Waals surface area contributed by atoms with Crippen LogP contribution in [0.2, 0.25) is 0 Å². The molecule has 1 N–H and O–H groups in total. The van der Waals surface area contributed by atoms with Crippen LogP contribution < -0.4 is 10.1 Å². The molecule has 1 aromatic carbocycles. The van der Waals surface area contributed by atoms with Gasteiger partial charge >= 0.3 is 0 Å². The minimum absolute atomic E-state index is 0.0423. The fraction of sp³-hybridized carbons (Fsp3) is 0.632. The summed E-state index contributed by atoms with van der Waals surface area (Å²) in [6.07, 6.45) is 3.40. The van der Waals surface area contributed by atoms with Crippen LogP contribution in [0, 0.1) is 0 Å². The summed E-state index contributed by atoms with van der Waals surface area (Å²) < 4.78 is 38.4. The number of sulfonamides is 1. The second-order valence-electron chi connectivity index (χ2n) is 6.63. The van der Waals surface area contributed by atoms with Crippen LogP contribution in [0.15, 0.2) is 23.1 Å². The van der Waals surface area contributed by atoms with Crippen molar-refractivity contribution < 1.29 is 22.7 Å². The number of piperidine rings is 1. The summed E-state index contributed by atoms with van der Waals surface area (Å²) in [4.78, 5) is 12.4. The largest absolute Gasteiger partial charge is 0.495 e. The highest BCUT2D eigenvalue weighted by Gasteiger charge is 2.33. The molecule has 0 spiro atoms. The number of amides is 1. The fourth-order valence-electron chi connectivity index (χ4n) is 3.20. The van der Waals surface area contributed by atoms with Gasteiger partial charge in [-0.2, -0.15) is 4.31 Å². The van der Waals surface area contributed by atoms with E-state index in [-0.39, 0.29) is 22.6 Å². The molecule has 1 saturated heterocycles. The Kier molecular flexibility index (Phi) is 8.07. The zero-order chi connectivity index (χ0) is 19.9. The number of benzene rings is 1. The van der Waals surface area contributed by atoms with Gasteiger partial charge < -0.3 is 14.8 Å². The third kappa shape index (κ3) is 5.43. The van der Waals surface area contributed by atoms with Crippen molar-refractivity contribution in [3.8, 4) is 5.75 Å². The summed E-state index contributed by atoms with van der Waals surface area (Å²) in [6, 6.07) is 4.46. The van der Waals surface area contributed by atoms with Crippen molar-refractivity contribution in [1.29, 1.82) is 0 Å². The molecule has 2 rings (SSSR count). The molecule has 0 bridgehead atoms. The molecule has 1 amide bonds. The van der Waals surface area contributed by atoms with E-state index in [1.807, 2.05) is 13.8 Å². The molecule has 1 aromatic rings. The third-order valence-corrected chi connectivity index (χ3v) is 6.74. The Balaban J connectivity index is 2.20. The van der Waals surface area contributed by atoms with Crippen LogP contribution in [-0.2, 0) is 14.8 Å². The first-order valence-electron chi connectivity index (χ1n) is 9.47. The van der Waals surface area contributed by atoms with Gasteiger partial charge in [0.25, 0.3) is 5.91 Å². The molecule has 0 radical (unpaired) electrons. The molecule has 1 atom stereocenters. The van der Waals surface area contributed by atoms with Crippen molar-refractivity contribution in [3.05, 3.63) is 23.8 Å². The fourth-order valence-corrected chi connectivity index (χ4v) is 5.08. The smallest absolute Gasteiger partial charge is 0.251 e. The average molecular weight is 399 g/mol. The second kappa shape index (κ2) is 10.1. The maximum Gasteiger partial charge on any atom is 0.251 e. The Hall–Kier alpha value is -1.64. The van der Waals surface area contributed by atoms with Gasteiger partial charge in [0.2, 0.25) is 10.0 Å². The molecule has 27 heavy (non-hydrogen) atoms. The summed E-state index contributed by atoms with van der Waals surface area (Å²) in [5.74, 6) is -0.0574. The van der Waals surface area contributed by atoms with E-state index in [1.54, 1.807) is 6.07 Å². The maximum absolute atomic E-state index is 13.2. The van der Waals surface area contributed by atoms with Crippen molar-refractivity contribution in [3.63, 3.8) is 0 Å². The summed E-state index contributed by atoms with van der Waals surface area (Å²) in [5.41, 5.74) is 0.301. The Bertz CT molecular complexity index is 736. The average Bonchev–Trinajstić information content (AvgIpc) is 2.67. The number of hydrogen-bond donors (Lipinski definition) is 1. The normalized spacial score (nSPS) is 18.3. The lowest BCUT2D eigenvalue weighted by molar-refractivity contribution is 0.0944. The van der Waals surface area contributed by atoms with Gasteiger partial charge in [0.1, 0.15) is 10.6 Å². The van der Waals surface area contributed by atoms with Gasteiger partial charge in [0.15, 0.2) is 0 Å². The first-order valence-corrected chi connectivity index (χ1v) is 10.9. The molecular formula is C19H30N2O5S. The number of carbonyl (C=O) groups excluding carboxylic acids is 1. The van der Waals surface area contributed by atoms with Gasteiger partial charge in [-0.3, -0.25) is 4.79 Å². The van der Waals surface area contributed by atoms with Crippen molar-refractivity contribution in [2.24, 2.45) is 0 Å². The first kappa shape index (κ1) is 21.7. The van der Waals surface area contributed by atoms with Gasteiger partial charge in [0, 0.05) is 37.9 Å².